The van der Waals surface area contributed by atoms with Crippen molar-refractivity contribution in [3.8, 4) is 5.75 Å². The molecule has 2 aromatic carbocycles. The van der Waals surface area contributed by atoms with Gasteiger partial charge in [0, 0.05) is 5.56 Å². The summed E-state index contributed by atoms with van der Waals surface area (Å²) < 4.78 is 12.8. The Labute approximate surface area is 175 Å². The maximum absolute atomic E-state index is 12.2. The molecule has 3 rings (SSSR count). The molecule has 0 saturated carbocycles. The monoisotopic (exact) mass is 491 g/mol. The number of aliphatic imine (C=N–C) groups is 1. The van der Waals surface area contributed by atoms with E-state index in [0.29, 0.717) is 18.4 Å². The van der Waals surface area contributed by atoms with Gasteiger partial charge in [0.1, 0.15) is 5.75 Å². The maximum atomic E-state index is 12.2. The first-order valence-electron chi connectivity index (χ1n) is 8.55. The van der Waals surface area contributed by atoms with Gasteiger partial charge in [0.25, 0.3) is 0 Å². The number of aryl methyl sites for hydroxylation is 1. The minimum atomic E-state index is -0.460. The number of esters is 1. The molecule has 27 heavy (non-hydrogen) atoms. The lowest BCUT2D eigenvalue weighted by Gasteiger charge is -2.13. The van der Waals surface area contributed by atoms with E-state index >= 15 is 0 Å². The van der Waals surface area contributed by atoms with Gasteiger partial charge in [-0.1, -0.05) is 31.5 Å². The van der Waals surface area contributed by atoms with Crippen molar-refractivity contribution in [1.82, 2.24) is 0 Å². The third-order valence-electron chi connectivity index (χ3n) is 3.80. The fourth-order valence-electron chi connectivity index (χ4n) is 2.44. The summed E-state index contributed by atoms with van der Waals surface area (Å²) in [6, 6.07) is 11.5. The molecule has 0 saturated heterocycles. The van der Waals surface area contributed by atoms with Crippen molar-refractivity contribution in [2.75, 3.05) is 6.61 Å². The molecule has 0 radical (unpaired) electrons. The van der Waals surface area contributed by atoms with Crippen LogP contribution in [0.2, 0.25) is 0 Å². The molecule has 0 fully saturated rings. The van der Waals surface area contributed by atoms with E-state index in [9.17, 15) is 4.79 Å². The van der Waals surface area contributed by atoms with Gasteiger partial charge in [-0.05, 0) is 80.6 Å². The summed E-state index contributed by atoms with van der Waals surface area (Å²) >= 11 is 7.06. The molecule has 0 spiro atoms. The molecule has 0 atom stereocenters. The number of carbonyl (C=O) groups is 1. The molecule has 1 aliphatic heterocycles. The van der Waals surface area contributed by atoms with Gasteiger partial charge < -0.3 is 9.47 Å². The first-order chi connectivity index (χ1) is 12.8. The molecule has 0 amide bonds. The van der Waals surface area contributed by atoms with Gasteiger partial charge in [-0.3, -0.25) is 0 Å². The van der Waals surface area contributed by atoms with Crippen LogP contribution in [0.3, 0.4) is 0 Å². The van der Waals surface area contributed by atoms with Gasteiger partial charge in [0.2, 0.25) is 5.90 Å². The lowest BCUT2D eigenvalue weighted by Crippen LogP contribution is -2.05. The fraction of sp³-hybridized carbons (Fsp3) is 0.238. The summed E-state index contributed by atoms with van der Waals surface area (Å²) in [4.78, 5) is 16.5. The van der Waals surface area contributed by atoms with Gasteiger partial charge >= 0.3 is 5.97 Å². The molecule has 0 unspecified atom stereocenters. The molecule has 1 heterocycles. The third-order valence-corrected chi connectivity index (χ3v) is 4.98. The van der Waals surface area contributed by atoms with Crippen molar-refractivity contribution in [3.05, 3.63) is 67.7 Å². The van der Waals surface area contributed by atoms with E-state index in [-0.39, 0.29) is 5.70 Å². The summed E-state index contributed by atoms with van der Waals surface area (Å²) in [5.74, 6) is 1.02. The predicted molar refractivity (Wildman–Crippen MR) is 114 cm³/mol. The minimum Gasteiger partial charge on any atom is -0.491 e. The van der Waals surface area contributed by atoms with Crippen LogP contribution in [0, 0.1) is 12.8 Å². The lowest BCUT2D eigenvalue weighted by atomic mass is 10.1. The van der Waals surface area contributed by atoms with E-state index in [0.717, 1.165) is 31.4 Å². The average Bonchev–Trinajstić information content (AvgIpc) is 2.95. The van der Waals surface area contributed by atoms with Crippen LogP contribution in [0.1, 0.15) is 30.5 Å². The van der Waals surface area contributed by atoms with E-state index in [1.54, 1.807) is 6.08 Å². The number of nitrogens with zero attached hydrogens (tertiary/aromatic N) is 1. The number of halogens is 2. The van der Waals surface area contributed by atoms with Crippen LogP contribution < -0.4 is 4.74 Å². The lowest BCUT2D eigenvalue weighted by molar-refractivity contribution is -0.129. The highest BCUT2D eigenvalue weighted by atomic mass is 79.9. The number of cyclic esters (lactones) is 1. The van der Waals surface area contributed by atoms with Crippen LogP contribution in [0.25, 0.3) is 6.08 Å². The number of rotatable bonds is 5. The zero-order valence-corrected chi connectivity index (χ0v) is 18.4. The Morgan fingerprint density at radius 1 is 1.15 bits per heavy atom. The molecule has 140 valence electrons. The van der Waals surface area contributed by atoms with Gasteiger partial charge in [-0.25, -0.2) is 9.79 Å². The molecule has 2 aromatic rings. The number of hydrogen-bond acceptors (Lipinski definition) is 4. The number of carbonyl (C=O) groups excluding carboxylic acids is 1. The van der Waals surface area contributed by atoms with Crippen molar-refractivity contribution in [3.63, 3.8) is 0 Å². The second kappa shape index (κ2) is 8.40. The predicted octanol–water partition coefficient (Wildman–Crippen LogP) is 5.90. The Bertz CT molecular complexity index is 908. The highest BCUT2D eigenvalue weighted by molar-refractivity contribution is 9.11. The summed E-state index contributed by atoms with van der Waals surface area (Å²) in [5, 5.41) is 0. The Morgan fingerprint density at radius 2 is 1.78 bits per heavy atom. The zero-order chi connectivity index (χ0) is 19.6. The fourth-order valence-corrected chi connectivity index (χ4v) is 3.89. The molecular weight excluding hydrogens is 474 g/mol. The molecule has 4 nitrogen and oxygen atoms in total. The first kappa shape index (κ1) is 19.8. The van der Waals surface area contributed by atoms with E-state index < -0.39 is 5.97 Å². The van der Waals surface area contributed by atoms with E-state index in [1.807, 2.05) is 43.3 Å². The highest BCUT2D eigenvalue weighted by Gasteiger charge is 2.24. The van der Waals surface area contributed by atoms with E-state index in [4.69, 9.17) is 9.47 Å². The first-order valence-corrected chi connectivity index (χ1v) is 10.1. The van der Waals surface area contributed by atoms with Crippen molar-refractivity contribution in [1.29, 1.82) is 0 Å². The van der Waals surface area contributed by atoms with Gasteiger partial charge in [-0.2, -0.15) is 0 Å². The van der Waals surface area contributed by atoms with E-state index in [2.05, 4.69) is 50.7 Å². The van der Waals surface area contributed by atoms with Gasteiger partial charge in [-0.15, -0.1) is 0 Å². The zero-order valence-electron chi connectivity index (χ0n) is 15.3. The molecule has 0 bridgehead atoms. The van der Waals surface area contributed by atoms with E-state index in [1.165, 1.54) is 0 Å². The summed E-state index contributed by atoms with van der Waals surface area (Å²) in [5.41, 5.74) is 2.98. The molecule has 0 aliphatic carbocycles. The smallest absolute Gasteiger partial charge is 0.363 e. The van der Waals surface area contributed by atoms with Crippen molar-refractivity contribution in [2.45, 2.75) is 20.8 Å². The Morgan fingerprint density at radius 3 is 2.37 bits per heavy atom. The molecular formula is C21H19Br2NO3. The second-order valence-electron chi connectivity index (χ2n) is 6.72. The summed E-state index contributed by atoms with van der Waals surface area (Å²) in [6.07, 6.45) is 1.70. The maximum Gasteiger partial charge on any atom is 0.363 e. The van der Waals surface area contributed by atoms with Gasteiger partial charge in [0.05, 0.1) is 15.6 Å². The Hall–Kier alpha value is -1.92. The Kier molecular flexibility index (Phi) is 6.17. The molecule has 0 N–H and O–H groups in total. The highest BCUT2D eigenvalue weighted by Crippen LogP contribution is 2.36. The van der Waals surface area contributed by atoms with Gasteiger partial charge in [0.15, 0.2) is 5.70 Å². The van der Waals surface area contributed by atoms with Crippen LogP contribution in [0.4, 0.5) is 0 Å². The largest absolute Gasteiger partial charge is 0.491 e. The van der Waals surface area contributed by atoms with Crippen molar-refractivity contribution in [2.24, 2.45) is 10.9 Å². The van der Waals surface area contributed by atoms with Crippen LogP contribution in [0.5, 0.6) is 5.75 Å². The number of hydrogen-bond donors (Lipinski definition) is 0. The molecule has 1 aliphatic rings. The van der Waals surface area contributed by atoms with Crippen LogP contribution in [-0.2, 0) is 9.53 Å². The summed E-state index contributed by atoms with van der Waals surface area (Å²) in [6.45, 7) is 6.81. The van der Waals surface area contributed by atoms with Crippen LogP contribution in [0.15, 0.2) is 56.0 Å². The summed E-state index contributed by atoms with van der Waals surface area (Å²) in [7, 11) is 0. The van der Waals surface area contributed by atoms with Crippen LogP contribution >= 0.6 is 31.9 Å². The normalized spacial score (nSPS) is 15.3. The number of ether oxygens (including phenoxy) is 2. The number of benzene rings is 2. The quantitative estimate of drug-likeness (QED) is 0.385. The van der Waals surface area contributed by atoms with Crippen molar-refractivity contribution < 1.29 is 14.3 Å². The minimum absolute atomic E-state index is 0.264. The molecule has 0 aromatic heterocycles. The SMILES string of the molecule is Cc1ccc(C2=N/C(=C\c3cc(Br)c(OCC(C)C)c(Br)c3)C(=O)O2)cc1. The topological polar surface area (TPSA) is 47.9 Å². The van der Waals surface area contributed by atoms with Crippen LogP contribution in [-0.4, -0.2) is 18.5 Å². The average molecular weight is 493 g/mol. The second-order valence-corrected chi connectivity index (χ2v) is 8.43. The third kappa shape index (κ3) is 4.87. The Balaban J connectivity index is 1.87. The van der Waals surface area contributed by atoms with Crippen molar-refractivity contribution >= 4 is 49.8 Å². The standard InChI is InChI=1S/C21H19Br2NO3/c1-12(2)11-26-19-16(22)8-14(9-17(19)23)10-18-21(25)27-20(24-18)15-6-4-13(3)5-7-15/h4-10,12H,11H2,1-3H3/b18-10-. The molecule has 6 heteroatoms.